The predicted molar refractivity (Wildman–Crippen MR) is 100 cm³/mol. The zero-order valence-corrected chi connectivity index (χ0v) is 14.8. The van der Waals surface area contributed by atoms with Crippen molar-refractivity contribution in [1.82, 2.24) is 5.32 Å². The standard InChI is InChI=1S/C19H22INO/c20-14-7-12-19(13-15-21-16-22,17-8-3-1-4-9-17)18-10-5-2-6-11-18/h1-6,8-11,16H,7,12-15H2,(H,21,22). The minimum Gasteiger partial charge on any atom is -0.359 e. The van der Waals surface area contributed by atoms with Crippen molar-refractivity contribution < 1.29 is 4.79 Å². The van der Waals surface area contributed by atoms with Crippen molar-refractivity contribution in [3.63, 3.8) is 0 Å². The first-order chi connectivity index (χ1) is 10.8. The molecule has 1 amide bonds. The van der Waals surface area contributed by atoms with Gasteiger partial charge in [-0.2, -0.15) is 0 Å². The number of amides is 1. The van der Waals surface area contributed by atoms with Gasteiger partial charge in [0.2, 0.25) is 6.41 Å². The summed E-state index contributed by atoms with van der Waals surface area (Å²) >= 11 is 2.44. The summed E-state index contributed by atoms with van der Waals surface area (Å²) in [7, 11) is 0. The first kappa shape index (κ1) is 17.0. The van der Waals surface area contributed by atoms with Crippen LogP contribution in [0.15, 0.2) is 60.7 Å². The second-order valence-corrected chi connectivity index (χ2v) is 6.51. The van der Waals surface area contributed by atoms with Crippen LogP contribution in [0.1, 0.15) is 30.4 Å². The van der Waals surface area contributed by atoms with Crippen LogP contribution in [0.3, 0.4) is 0 Å². The molecule has 0 bridgehead atoms. The van der Waals surface area contributed by atoms with Crippen molar-refractivity contribution in [1.29, 1.82) is 0 Å². The van der Waals surface area contributed by atoms with Gasteiger partial charge < -0.3 is 5.32 Å². The van der Waals surface area contributed by atoms with Gasteiger partial charge >= 0.3 is 0 Å². The summed E-state index contributed by atoms with van der Waals surface area (Å²) in [5.74, 6) is 0. The monoisotopic (exact) mass is 407 g/mol. The van der Waals surface area contributed by atoms with Crippen LogP contribution in [0.2, 0.25) is 0 Å². The highest BCUT2D eigenvalue weighted by Crippen LogP contribution is 2.39. The van der Waals surface area contributed by atoms with Crippen LogP contribution in [-0.2, 0) is 10.2 Å². The highest BCUT2D eigenvalue weighted by Gasteiger charge is 2.33. The van der Waals surface area contributed by atoms with E-state index in [1.54, 1.807) is 0 Å². The molecule has 0 spiro atoms. The van der Waals surface area contributed by atoms with Crippen LogP contribution >= 0.6 is 22.6 Å². The number of nitrogens with one attached hydrogen (secondary N) is 1. The number of rotatable bonds is 9. The summed E-state index contributed by atoms with van der Waals surface area (Å²) < 4.78 is 1.14. The van der Waals surface area contributed by atoms with E-state index in [4.69, 9.17) is 0 Å². The molecule has 3 heteroatoms. The first-order valence-corrected chi connectivity index (χ1v) is 9.20. The van der Waals surface area contributed by atoms with Gasteiger partial charge in [-0.1, -0.05) is 83.3 Å². The summed E-state index contributed by atoms with van der Waals surface area (Å²) in [6.45, 7) is 0.689. The van der Waals surface area contributed by atoms with E-state index < -0.39 is 0 Å². The largest absolute Gasteiger partial charge is 0.359 e. The lowest BCUT2D eigenvalue weighted by Gasteiger charge is -2.35. The fourth-order valence-electron chi connectivity index (χ4n) is 3.10. The maximum absolute atomic E-state index is 10.7. The molecule has 2 aromatic carbocycles. The van der Waals surface area contributed by atoms with Gasteiger partial charge in [0.1, 0.15) is 0 Å². The molecule has 0 aliphatic heterocycles. The lowest BCUT2D eigenvalue weighted by atomic mass is 9.69. The first-order valence-electron chi connectivity index (χ1n) is 7.67. The Morgan fingerprint density at radius 3 is 1.91 bits per heavy atom. The van der Waals surface area contributed by atoms with Gasteiger partial charge in [-0.15, -0.1) is 0 Å². The zero-order valence-electron chi connectivity index (χ0n) is 12.7. The minimum atomic E-state index is -0.0380. The molecule has 0 heterocycles. The van der Waals surface area contributed by atoms with E-state index in [0.29, 0.717) is 6.54 Å². The topological polar surface area (TPSA) is 29.1 Å². The van der Waals surface area contributed by atoms with Gasteiger partial charge in [-0.05, 0) is 34.8 Å². The Kier molecular flexibility index (Phi) is 6.90. The van der Waals surface area contributed by atoms with Crippen molar-refractivity contribution in [2.75, 3.05) is 11.0 Å². The number of halogens is 1. The van der Waals surface area contributed by atoms with Gasteiger partial charge in [-0.3, -0.25) is 4.79 Å². The molecular formula is C19H22INO. The third kappa shape index (κ3) is 4.09. The average molecular weight is 407 g/mol. The highest BCUT2D eigenvalue weighted by atomic mass is 127. The number of carbonyl (C=O) groups is 1. The lowest BCUT2D eigenvalue weighted by Crippen LogP contribution is -2.32. The Morgan fingerprint density at radius 1 is 0.909 bits per heavy atom. The Balaban J connectivity index is 2.45. The minimum absolute atomic E-state index is 0.0380. The quantitative estimate of drug-likeness (QED) is 0.285. The zero-order chi connectivity index (χ0) is 15.7. The Bertz CT molecular complexity index is 517. The van der Waals surface area contributed by atoms with E-state index in [-0.39, 0.29) is 5.41 Å². The Morgan fingerprint density at radius 2 is 1.45 bits per heavy atom. The molecule has 2 nitrogen and oxygen atoms in total. The summed E-state index contributed by atoms with van der Waals surface area (Å²) in [6.07, 6.45) is 3.95. The van der Waals surface area contributed by atoms with Crippen LogP contribution in [0.4, 0.5) is 0 Å². The maximum atomic E-state index is 10.7. The lowest BCUT2D eigenvalue weighted by molar-refractivity contribution is -0.109. The fraction of sp³-hybridized carbons (Fsp3) is 0.316. The summed E-state index contributed by atoms with van der Waals surface area (Å²) in [6, 6.07) is 21.4. The third-order valence-electron chi connectivity index (χ3n) is 4.17. The second-order valence-electron chi connectivity index (χ2n) is 5.43. The van der Waals surface area contributed by atoms with Crippen molar-refractivity contribution in [2.24, 2.45) is 0 Å². The summed E-state index contributed by atoms with van der Waals surface area (Å²) in [4.78, 5) is 10.7. The maximum Gasteiger partial charge on any atom is 0.207 e. The van der Waals surface area contributed by atoms with E-state index in [1.165, 1.54) is 11.1 Å². The molecule has 0 fully saturated rings. The number of hydrogen-bond donors (Lipinski definition) is 1. The van der Waals surface area contributed by atoms with E-state index in [1.807, 2.05) is 0 Å². The molecule has 1 N–H and O–H groups in total. The van der Waals surface area contributed by atoms with Crippen LogP contribution < -0.4 is 5.32 Å². The number of hydrogen-bond acceptors (Lipinski definition) is 1. The van der Waals surface area contributed by atoms with Crippen molar-refractivity contribution in [3.8, 4) is 0 Å². The SMILES string of the molecule is O=CNCCC(CCCI)(c1ccccc1)c1ccccc1. The van der Waals surface area contributed by atoms with Crippen LogP contribution in [0, 0.1) is 0 Å². The molecular weight excluding hydrogens is 385 g/mol. The van der Waals surface area contributed by atoms with Crippen LogP contribution in [-0.4, -0.2) is 17.4 Å². The molecule has 0 radical (unpaired) electrons. The average Bonchev–Trinajstić information content (AvgIpc) is 2.60. The molecule has 2 rings (SSSR count). The van der Waals surface area contributed by atoms with E-state index >= 15 is 0 Å². The normalized spacial score (nSPS) is 11.1. The molecule has 0 atom stereocenters. The van der Waals surface area contributed by atoms with Crippen LogP contribution in [0.5, 0.6) is 0 Å². The molecule has 0 aliphatic rings. The molecule has 116 valence electrons. The molecule has 0 saturated heterocycles. The number of alkyl halides is 1. The smallest absolute Gasteiger partial charge is 0.207 e. The van der Waals surface area contributed by atoms with Gasteiger partial charge in [0.05, 0.1) is 0 Å². The highest BCUT2D eigenvalue weighted by molar-refractivity contribution is 14.1. The van der Waals surface area contributed by atoms with Gasteiger partial charge in [-0.25, -0.2) is 0 Å². The van der Waals surface area contributed by atoms with Crippen molar-refractivity contribution in [2.45, 2.75) is 24.7 Å². The summed E-state index contributed by atoms with van der Waals surface area (Å²) in [5, 5.41) is 2.84. The van der Waals surface area contributed by atoms with Crippen LogP contribution in [0.25, 0.3) is 0 Å². The van der Waals surface area contributed by atoms with Gasteiger partial charge in [0.25, 0.3) is 0 Å². The number of carbonyl (C=O) groups excluding carboxylic acids is 1. The molecule has 0 aromatic heterocycles. The Hall–Kier alpha value is -1.36. The molecule has 0 unspecified atom stereocenters. The third-order valence-corrected chi connectivity index (χ3v) is 4.93. The molecule has 22 heavy (non-hydrogen) atoms. The van der Waals surface area contributed by atoms with Gasteiger partial charge in [0.15, 0.2) is 0 Å². The molecule has 0 aliphatic carbocycles. The number of benzene rings is 2. The second kappa shape index (κ2) is 8.93. The Labute approximate surface area is 146 Å². The van der Waals surface area contributed by atoms with Gasteiger partial charge in [0, 0.05) is 12.0 Å². The van der Waals surface area contributed by atoms with E-state index in [2.05, 4.69) is 88.6 Å². The molecule has 2 aromatic rings. The predicted octanol–water partition coefficient (Wildman–Crippen LogP) is 4.32. The summed E-state index contributed by atoms with van der Waals surface area (Å²) in [5.41, 5.74) is 2.63. The van der Waals surface area contributed by atoms with E-state index in [9.17, 15) is 4.79 Å². The van der Waals surface area contributed by atoms with E-state index in [0.717, 1.165) is 30.1 Å². The van der Waals surface area contributed by atoms with Crippen molar-refractivity contribution in [3.05, 3.63) is 71.8 Å². The molecule has 0 saturated carbocycles. The van der Waals surface area contributed by atoms with Crippen molar-refractivity contribution >= 4 is 29.0 Å². The fourth-order valence-corrected chi connectivity index (χ4v) is 3.48.